The smallest absolute Gasteiger partial charge is 0.274 e. The zero-order valence-corrected chi connectivity index (χ0v) is 14.6. The second-order valence-electron chi connectivity index (χ2n) is 5.49. The van der Waals surface area contributed by atoms with Gasteiger partial charge in [0.05, 0.1) is 22.7 Å². The summed E-state index contributed by atoms with van der Waals surface area (Å²) in [5, 5.41) is 8.63. The predicted octanol–water partition coefficient (Wildman–Crippen LogP) is 2.37. The number of fused-ring (bicyclic) bond motifs is 3. The highest BCUT2D eigenvalue weighted by molar-refractivity contribution is 7.15. The van der Waals surface area contributed by atoms with Gasteiger partial charge in [-0.15, -0.1) is 0 Å². The van der Waals surface area contributed by atoms with Gasteiger partial charge in [0, 0.05) is 0 Å². The fourth-order valence-corrected chi connectivity index (χ4v) is 3.75. The molecule has 0 bridgehead atoms. The second-order valence-corrected chi connectivity index (χ2v) is 6.50. The molecule has 0 radical (unpaired) electrons. The lowest BCUT2D eigenvalue weighted by Gasteiger charge is -2.08. The first-order chi connectivity index (χ1) is 12.7. The molecule has 0 unspecified atom stereocenters. The van der Waals surface area contributed by atoms with Crippen LogP contribution in [-0.2, 0) is 0 Å². The highest BCUT2D eigenvalue weighted by atomic mass is 32.1. The van der Waals surface area contributed by atoms with Gasteiger partial charge in [0.15, 0.2) is 23.1 Å². The van der Waals surface area contributed by atoms with E-state index in [2.05, 4.69) is 4.98 Å². The Morgan fingerprint density at radius 1 is 1.27 bits per heavy atom. The maximum atomic E-state index is 12.8. The molecule has 2 heterocycles. The summed E-state index contributed by atoms with van der Waals surface area (Å²) in [5.41, 5.74) is 2.32. The van der Waals surface area contributed by atoms with Crippen molar-refractivity contribution < 1.29 is 9.47 Å². The van der Waals surface area contributed by atoms with Crippen molar-refractivity contribution in [1.29, 1.82) is 5.26 Å². The SMILES string of the molecule is COc1cc(/C=c2/sc3nc4ccccc4n3c2=O)ccc1OCC#N. The summed E-state index contributed by atoms with van der Waals surface area (Å²) in [6, 6.07) is 14.8. The molecular formula is C19H13N3O3S. The van der Waals surface area contributed by atoms with Crippen LogP contribution in [0.25, 0.3) is 22.1 Å². The molecule has 0 saturated heterocycles. The van der Waals surface area contributed by atoms with Crippen molar-refractivity contribution in [2.45, 2.75) is 0 Å². The summed E-state index contributed by atoms with van der Waals surface area (Å²) in [4.78, 5) is 18.0. The highest BCUT2D eigenvalue weighted by Crippen LogP contribution is 2.28. The van der Waals surface area contributed by atoms with E-state index in [9.17, 15) is 4.79 Å². The monoisotopic (exact) mass is 363 g/mol. The molecule has 0 aliphatic heterocycles. The van der Waals surface area contributed by atoms with Gasteiger partial charge in [0.1, 0.15) is 6.07 Å². The van der Waals surface area contributed by atoms with Crippen molar-refractivity contribution in [3.8, 4) is 17.6 Å². The molecule has 4 rings (SSSR count). The van der Waals surface area contributed by atoms with Crippen molar-refractivity contribution in [2.75, 3.05) is 13.7 Å². The number of imidazole rings is 1. The van der Waals surface area contributed by atoms with Gasteiger partial charge in [0.25, 0.3) is 5.56 Å². The fourth-order valence-electron chi connectivity index (χ4n) is 2.77. The van der Waals surface area contributed by atoms with Crippen LogP contribution in [0, 0.1) is 11.3 Å². The van der Waals surface area contributed by atoms with E-state index in [4.69, 9.17) is 14.7 Å². The van der Waals surface area contributed by atoms with E-state index in [1.165, 1.54) is 18.4 Å². The van der Waals surface area contributed by atoms with Crippen LogP contribution >= 0.6 is 11.3 Å². The molecule has 128 valence electrons. The Morgan fingerprint density at radius 3 is 2.92 bits per heavy atom. The third-order valence-electron chi connectivity index (χ3n) is 3.92. The number of para-hydroxylation sites is 2. The third kappa shape index (κ3) is 2.66. The molecule has 0 aliphatic carbocycles. The number of methoxy groups -OCH3 is 1. The van der Waals surface area contributed by atoms with Crippen molar-refractivity contribution in [3.05, 3.63) is 62.9 Å². The van der Waals surface area contributed by atoms with Gasteiger partial charge in [-0.2, -0.15) is 5.26 Å². The van der Waals surface area contributed by atoms with Crippen LogP contribution in [0.4, 0.5) is 0 Å². The number of hydrogen-bond donors (Lipinski definition) is 0. The van der Waals surface area contributed by atoms with Crippen LogP contribution in [0.3, 0.4) is 0 Å². The van der Waals surface area contributed by atoms with Crippen LogP contribution in [0.5, 0.6) is 11.5 Å². The van der Waals surface area contributed by atoms with Crippen LogP contribution in [0.2, 0.25) is 0 Å². The molecule has 2 aromatic carbocycles. The summed E-state index contributed by atoms with van der Waals surface area (Å²) < 4.78 is 12.8. The van der Waals surface area contributed by atoms with Crippen LogP contribution < -0.4 is 19.6 Å². The lowest BCUT2D eigenvalue weighted by Crippen LogP contribution is -2.22. The topological polar surface area (TPSA) is 76.6 Å². The third-order valence-corrected chi connectivity index (χ3v) is 4.89. The molecule has 6 nitrogen and oxygen atoms in total. The lowest BCUT2D eigenvalue weighted by molar-refractivity contribution is 0.329. The van der Waals surface area contributed by atoms with Gasteiger partial charge in [-0.3, -0.25) is 4.79 Å². The summed E-state index contributed by atoms with van der Waals surface area (Å²) in [5.74, 6) is 0.994. The first-order valence-corrected chi connectivity index (χ1v) is 8.62. The Kier molecular flexibility index (Phi) is 4.03. The maximum Gasteiger partial charge on any atom is 0.274 e. The predicted molar refractivity (Wildman–Crippen MR) is 99.7 cm³/mol. The van der Waals surface area contributed by atoms with Crippen molar-refractivity contribution >= 4 is 33.4 Å². The molecular weight excluding hydrogens is 350 g/mol. The number of ether oxygens (including phenoxy) is 2. The van der Waals surface area contributed by atoms with E-state index in [0.717, 1.165) is 16.6 Å². The molecule has 0 fully saturated rings. The Morgan fingerprint density at radius 2 is 2.12 bits per heavy atom. The van der Waals surface area contributed by atoms with Crippen LogP contribution in [-0.4, -0.2) is 23.1 Å². The molecule has 0 amide bonds. The van der Waals surface area contributed by atoms with E-state index in [0.29, 0.717) is 21.0 Å². The quantitative estimate of drug-likeness (QED) is 0.556. The molecule has 0 spiro atoms. The number of nitriles is 1. The Balaban J connectivity index is 1.82. The summed E-state index contributed by atoms with van der Waals surface area (Å²) in [6.07, 6.45) is 1.80. The summed E-state index contributed by atoms with van der Waals surface area (Å²) in [7, 11) is 1.53. The number of rotatable bonds is 4. The molecule has 2 aromatic heterocycles. The molecule has 0 saturated carbocycles. The Bertz CT molecular complexity index is 1270. The van der Waals surface area contributed by atoms with E-state index < -0.39 is 0 Å². The average Bonchev–Trinajstić information content (AvgIpc) is 3.17. The zero-order valence-electron chi connectivity index (χ0n) is 13.8. The Hall–Kier alpha value is -3.37. The van der Waals surface area contributed by atoms with Crippen molar-refractivity contribution in [2.24, 2.45) is 0 Å². The van der Waals surface area contributed by atoms with Crippen molar-refractivity contribution in [3.63, 3.8) is 0 Å². The molecule has 0 aliphatic rings. The largest absolute Gasteiger partial charge is 0.493 e. The van der Waals surface area contributed by atoms with Gasteiger partial charge in [-0.1, -0.05) is 29.5 Å². The van der Waals surface area contributed by atoms with Gasteiger partial charge in [-0.05, 0) is 35.9 Å². The number of hydrogen-bond acceptors (Lipinski definition) is 6. The molecule has 4 aromatic rings. The summed E-state index contributed by atoms with van der Waals surface area (Å²) in [6.45, 7) is -0.0562. The minimum Gasteiger partial charge on any atom is -0.493 e. The zero-order chi connectivity index (χ0) is 18.1. The minimum atomic E-state index is -0.0949. The number of aromatic nitrogens is 2. The van der Waals surface area contributed by atoms with Crippen LogP contribution in [0.15, 0.2) is 47.3 Å². The second kappa shape index (κ2) is 6.50. The lowest BCUT2D eigenvalue weighted by atomic mass is 10.2. The fraction of sp³-hybridized carbons (Fsp3) is 0.105. The van der Waals surface area contributed by atoms with Crippen molar-refractivity contribution in [1.82, 2.24) is 9.38 Å². The van der Waals surface area contributed by atoms with Gasteiger partial charge in [-0.25, -0.2) is 9.38 Å². The van der Waals surface area contributed by atoms with Gasteiger partial charge in [0.2, 0.25) is 0 Å². The van der Waals surface area contributed by atoms with Gasteiger partial charge >= 0.3 is 0 Å². The maximum absolute atomic E-state index is 12.8. The molecule has 0 atom stereocenters. The normalized spacial score (nSPS) is 11.8. The molecule has 0 N–H and O–H groups in total. The standard InChI is InChI=1S/C19H13N3O3S/c1-24-16-10-12(6-7-15(16)25-9-8-20)11-17-18(23)22-14-5-3-2-4-13(14)21-19(22)26-17/h2-7,10-11H,9H2,1H3/b17-11+. The van der Waals surface area contributed by atoms with Crippen LogP contribution in [0.1, 0.15) is 5.56 Å². The number of benzene rings is 2. The average molecular weight is 363 g/mol. The highest BCUT2D eigenvalue weighted by Gasteiger charge is 2.11. The first-order valence-electron chi connectivity index (χ1n) is 7.81. The summed E-state index contributed by atoms with van der Waals surface area (Å²) >= 11 is 1.34. The van der Waals surface area contributed by atoms with E-state index in [1.54, 1.807) is 22.6 Å². The van der Waals surface area contributed by atoms with E-state index >= 15 is 0 Å². The Labute approximate surface area is 152 Å². The van der Waals surface area contributed by atoms with E-state index in [-0.39, 0.29) is 12.2 Å². The number of thiazole rings is 1. The first kappa shape index (κ1) is 16.1. The minimum absolute atomic E-state index is 0.0562. The van der Waals surface area contributed by atoms with E-state index in [1.807, 2.05) is 36.4 Å². The number of nitrogens with zero attached hydrogens (tertiary/aromatic N) is 3. The van der Waals surface area contributed by atoms with Gasteiger partial charge < -0.3 is 9.47 Å². The molecule has 26 heavy (non-hydrogen) atoms. The molecule has 7 heteroatoms.